The standard InChI is InChI=1S/C19H26N4O2S/c1-23(2)18(24)15-22-19(20-11-10-17-9-6-14-26-17)21-12-13-25-16-7-4-3-5-8-16/h3-9,14H,10-13,15H2,1-2H3,(H2,20,21,22). The highest BCUT2D eigenvalue weighted by Crippen LogP contribution is 2.08. The van der Waals surface area contributed by atoms with Crippen LogP contribution in [-0.2, 0) is 11.2 Å². The summed E-state index contributed by atoms with van der Waals surface area (Å²) in [5.41, 5.74) is 0. The average Bonchev–Trinajstić information content (AvgIpc) is 3.16. The Labute approximate surface area is 158 Å². The van der Waals surface area contributed by atoms with Crippen LogP contribution < -0.4 is 15.4 Å². The molecule has 2 rings (SSSR count). The van der Waals surface area contributed by atoms with Gasteiger partial charge in [-0.3, -0.25) is 4.79 Å². The molecule has 1 aromatic carbocycles. The third kappa shape index (κ3) is 7.57. The zero-order valence-electron chi connectivity index (χ0n) is 15.3. The average molecular weight is 375 g/mol. The lowest BCUT2D eigenvalue weighted by molar-refractivity contribution is -0.127. The lowest BCUT2D eigenvalue weighted by atomic mass is 10.3. The van der Waals surface area contributed by atoms with Gasteiger partial charge in [-0.15, -0.1) is 11.3 Å². The fraction of sp³-hybridized carbons (Fsp3) is 0.368. The highest BCUT2D eigenvalue weighted by Gasteiger charge is 2.05. The first-order valence-electron chi connectivity index (χ1n) is 8.57. The van der Waals surface area contributed by atoms with E-state index in [1.807, 2.05) is 36.4 Å². The van der Waals surface area contributed by atoms with Crippen molar-refractivity contribution in [1.82, 2.24) is 15.5 Å². The van der Waals surface area contributed by atoms with Gasteiger partial charge in [0, 0.05) is 25.5 Å². The third-order valence-corrected chi connectivity index (χ3v) is 4.46. The Hall–Kier alpha value is -2.54. The van der Waals surface area contributed by atoms with E-state index in [4.69, 9.17) is 4.74 Å². The van der Waals surface area contributed by atoms with Gasteiger partial charge in [0.25, 0.3) is 0 Å². The maximum Gasteiger partial charge on any atom is 0.243 e. The molecule has 1 aromatic heterocycles. The Morgan fingerprint density at radius 3 is 2.58 bits per heavy atom. The van der Waals surface area contributed by atoms with E-state index >= 15 is 0 Å². The van der Waals surface area contributed by atoms with Crippen molar-refractivity contribution in [2.75, 3.05) is 40.3 Å². The Bertz CT molecular complexity index is 672. The maximum absolute atomic E-state index is 11.8. The Morgan fingerprint density at radius 2 is 1.88 bits per heavy atom. The van der Waals surface area contributed by atoms with Gasteiger partial charge < -0.3 is 20.3 Å². The SMILES string of the molecule is CN(C)C(=O)CN=C(NCCOc1ccccc1)NCCc1cccs1. The molecule has 6 nitrogen and oxygen atoms in total. The number of carbonyl (C=O) groups excluding carboxylic acids is 1. The van der Waals surface area contributed by atoms with Gasteiger partial charge in [0.2, 0.25) is 5.91 Å². The molecule has 0 radical (unpaired) electrons. The van der Waals surface area contributed by atoms with Crippen LogP contribution in [0.5, 0.6) is 5.75 Å². The molecule has 0 aliphatic carbocycles. The summed E-state index contributed by atoms with van der Waals surface area (Å²) < 4.78 is 5.66. The monoisotopic (exact) mass is 374 g/mol. The molecule has 0 aliphatic rings. The molecule has 1 amide bonds. The molecular weight excluding hydrogens is 348 g/mol. The van der Waals surface area contributed by atoms with E-state index < -0.39 is 0 Å². The molecule has 2 N–H and O–H groups in total. The minimum absolute atomic E-state index is 0.0371. The molecule has 0 bridgehead atoms. The van der Waals surface area contributed by atoms with Gasteiger partial charge in [0.15, 0.2) is 5.96 Å². The van der Waals surface area contributed by atoms with E-state index in [2.05, 4.69) is 27.1 Å². The van der Waals surface area contributed by atoms with Crippen LogP contribution in [0.4, 0.5) is 0 Å². The van der Waals surface area contributed by atoms with Gasteiger partial charge in [0.05, 0.1) is 6.54 Å². The molecule has 0 unspecified atom stereocenters. The van der Waals surface area contributed by atoms with E-state index in [1.54, 1.807) is 25.4 Å². The predicted molar refractivity (Wildman–Crippen MR) is 107 cm³/mol. The molecule has 26 heavy (non-hydrogen) atoms. The highest BCUT2D eigenvalue weighted by atomic mass is 32.1. The van der Waals surface area contributed by atoms with Crippen molar-refractivity contribution in [2.45, 2.75) is 6.42 Å². The predicted octanol–water partition coefficient (Wildman–Crippen LogP) is 1.99. The van der Waals surface area contributed by atoms with Gasteiger partial charge in [0.1, 0.15) is 18.9 Å². The summed E-state index contributed by atoms with van der Waals surface area (Å²) in [6.45, 7) is 1.97. The summed E-state index contributed by atoms with van der Waals surface area (Å²) in [4.78, 5) is 19.0. The molecule has 0 saturated carbocycles. The van der Waals surface area contributed by atoms with Crippen molar-refractivity contribution >= 4 is 23.2 Å². The van der Waals surface area contributed by atoms with Crippen LogP contribution in [0.25, 0.3) is 0 Å². The van der Waals surface area contributed by atoms with E-state index in [0.29, 0.717) is 19.1 Å². The van der Waals surface area contributed by atoms with Gasteiger partial charge in [-0.2, -0.15) is 0 Å². The van der Waals surface area contributed by atoms with Crippen molar-refractivity contribution in [2.24, 2.45) is 4.99 Å². The zero-order valence-corrected chi connectivity index (χ0v) is 16.1. The number of benzene rings is 1. The molecule has 0 aliphatic heterocycles. The summed E-state index contributed by atoms with van der Waals surface area (Å²) in [5, 5.41) is 8.55. The summed E-state index contributed by atoms with van der Waals surface area (Å²) >= 11 is 1.73. The molecule has 140 valence electrons. The number of amides is 1. The number of hydrogen-bond acceptors (Lipinski definition) is 4. The number of hydrogen-bond donors (Lipinski definition) is 2. The summed E-state index contributed by atoms with van der Waals surface area (Å²) in [5.74, 6) is 1.42. The first kappa shape index (κ1) is 19.8. The maximum atomic E-state index is 11.8. The van der Waals surface area contributed by atoms with E-state index in [9.17, 15) is 4.79 Å². The molecule has 0 atom stereocenters. The van der Waals surface area contributed by atoms with E-state index in [-0.39, 0.29) is 12.5 Å². The number of nitrogens with zero attached hydrogens (tertiary/aromatic N) is 2. The Balaban J connectivity index is 1.78. The van der Waals surface area contributed by atoms with Crippen molar-refractivity contribution in [1.29, 1.82) is 0 Å². The summed E-state index contributed by atoms with van der Waals surface area (Å²) in [6, 6.07) is 13.8. The van der Waals surface area contributed by atoms with Crippen molar-refractivity contribution in [3.05, 3.63) is 52.7 Å². The number of rotatable bonds is 9. The lowest BCUT2D eigenvalue weighted by Gasteiger charge is -2.14. The first-order chi connectivity index (χ1) is 12.6. The molecule has 1 heterocycles. The molecule has 0 spiro atoms. The first-order valence-corrected chi connectivity index (χ1v) is 9.45. The number of aliphatic imine (C=N–C) groups is 1. The summed E-state index contributed by atoms with van der Waals surface area (Å²) in [7, 11) is 3.45. The third-order valence-electron chi connectivity index (χ3n) is 3.52. The number of ether oxygens (including phenoxy) is 1. The van der Waals surface area contributed by atoms with Gasteiger partial charge in [-0.1, -0.05) is 24.3 Å². The molecule has 0 fully saturated rings. The second kappa shape index (κ2) is 11.1. The fourth-order valence-electron chi connectivity index (χ4n) is 2.08. The van der Waals surface area contributed by atoms with Crippen molar-refractivity contribution in [3.8, 4) is 5.75 Å². The number of guanidine groups is 1. The van der Waals surface area contributed by atoms with E-state index in [1.165, 1.54) is 9.78 Å². The molecule has 0 saturated heterocycles. The molecule has 7 heteroatoms. The zero-order chi connectivity index (χ0) is 18.6. The lowest BCUT2D eigenvalue weighted by Crippen LogP contribution is -2.41. The highest BCUT2D eigenvalue weighted by molar-refractivity contribution is 7.09. The fourth-order valence-corrected chi connectivity index (χ4v) is 2.79. The van der Waals surface area contributed by atoms with Gasteiger partial charge >= 0.3 is 0 Å². The summed E-state index contributed by atoms with van der Waals surface area (Å²) in [6.07, 6.45) is 0.917. The number of thiophene rings is 1. The van der Waals surface area contributed by atoms with Crippen LogP contribution in [0.3, 0.4) is 0 Å². The second-order valence-electron chi connectivity index (χ2n) is 5.80. The number of para-hydroxylation sites is 1. The van der Waals surface area contributed by atoms with Gasteiger partial charge in [-0.05, 0) is 30.0 Å². The Morgan fingerprint density at radius 1 is 1.12 bits per heavy atom. The van der Waals surface area contributed by atoms with Crippen LogP contribution in [-0.4, -0.2) is 57.1 Å². The van der Waals surface area contributed by atoms with E-state index in [0.717, 1.165) is 18.7 Å². The number of nitrogens with one attached hydrogen (secondary N) is 2. The number of likely N-dealkylation sites (N-methyl/N-ethyl adjacent to an activating group) is 1. The van der Waals surface area contributed by atoms with Crippen molar-refractivity contribution in [3.63, 3.8) is 0 Å². The molecule has 2 aromatic rings. The minimum Gasteiger partial charge on any atom is -0.492 e. The van der Waals surface area contributed by atoms with Crippen LogP contribution >= 0.6 is 11.3 Å². The van der Waals surface area contributed by atoms with Gasteiger partial charge in [-0.25, -0.2) is 4.99 Å². The Kier molecular flexibility index (Phi) is 8.48. The smallest absolute Gasteiger partial charge is 0.243 e. The normalized spacial score (nSPS) is 11.1. The number of carbonyl (C=O) groups is 1. The van der Waals surface area contributed by atoms with Crippen LogP contribution in [0.15, 0.2) is 52.8 Å². The molecular formula is C19H26N4O2S. The largest absolute Gasteiger partial charge is 0.492 e. The van der Waals surface area contributed by atoms with Crippen molar-refractivity contribution < 1.29 is 9.53 Å². The quantitative estimate of drug-likeness (QED) is 0.400. The second-order valence-corrected chi connectivity index (χ2v) is 6.83. The van der Waals surface area contributed by atoms with Crippen LogP contribution in [0.1, 0.15) is 4.88 Å². The van der Waals surface area contributed by atoms with Crippen LogP contribution in [0.2, 0.25) is 0 Å². The van der Waals surface area contributed by atoms with Crippen LogP contribution in [0, 0.1) is 0 Å². The topological polar surface area (TPSA) is 66.0 Å². The minimum atomic E-state index is -0.0371.